The minimum Gasteiger partial charge on any atom is -0.234 e. The van der Waals surface area contributed by atoms with Crippen LogP contribution in [0.25, 0.3) is 0 Å². The van der Waals surface area contributed by atoms with Crippen LogP contribution in [0.15, 0.2) is 12.4 Å². The molecule has 260 valence electrons. The summed E-state index contributed by atoms with van der Waals surface area (Å²) in [4.78, 5) is 0. The van der Waals surface area contributed by atoms with Crippen LogP contribution in [0.2, 0.25) is 0 Å². The predicted molar refractivity (Wildman–Crippen MR) is 198 cm³/mol. The molecule has 2 nitrogen and oxygen atoms in total. The van der Waals surface area contributed by atoms with Crippen LogP contribution in [0.4, 0.5) is 0 Å². The molecule has 1 aromatic heterocycles. The lowest BCUT2D eigenvalue weighted by Gasteiger charge is -2.07. The lowest BCUT2D eigenvalue weighted by atomic mass is 10.0. The van der Waals surface area contributed by atoms with Crippen LogP contribution < -0.4 is 4.57 Å². The zero-order valence-corrected chi connectivity index (χ0v) is 31.0. The molecule has 0 aliphatic heterocycles. The Kier molecular flexibility index (Phi) is 31.5. The molecule has 0 N–H and O–H groups in total. The molecule has 0 bridgehead atoms. The van der Waals surface area contributed by atoms with E-state index in [1.165, 1.54) is 231 Å². The van der Waals surface area contributed by atoms with E-state index in [9.17, 15) is 0 Å². The second-order valence-electron chi connectivity index (χ2n) is 14.5. The number of imidazole rings is 1. The summed E-state index contributed by atoms with van der Waals surface area (Å²) < 4.78 is 5.28. The summed E-state index contributed by atoms with van der Waals surface area (Å²) in [6.07, 6.45) is 53.4. The third-order valence-electron chi connectivity index (χ3n) is 10.1. The minimum atomic E-state index is 1.23. The molecule has 44 heavy (non-hydrogen) atoms. The van der Waals surface area contributed by atoms with Gasteiger partial charge in [-0.25, -0.2) is 9.13 Å². The van der Waals surface area contributed by atoms with E-state index < -0.39 is 0 Å². The van der Waals surface area contributed by atoms with Crippen molar-refractivity contribution < 1.29 is 4.57 Å². The summed E-state index contributed by atoms with van der Waals surface area (Å²) in [7, 11) is 0. The summed E-state index contributed by atoms with van der Waals surface area (Å²) in [5.41, 5.74) is 0. The highest BCUT2D eigenvalue weighted by atomic mass is 15.1. The van der Waals surface area contributed by atoms with Gasteiger partial charge < -0.3 is 0 Å². The van der Waals surface area contributed by atoms with E-state index in [0.29, 0.717) is 0 Å². The van der Waals surface area contributed by atoms with Crippen molar-refractivity contribution in [3.63, 3.8) is 0 Å². The molecule has 0 fully saturated rings. The minimum absolute atomic E-state index is 1.23. The first-order valence-electron chi connectivity index (χ1n) is 20.9. The fraction of sp³-hybridized carbons (Fsp3) is 0.929. The summed E-state index contributed by atoms with van der Waals surface area (Å²) in [6, 6.07) is 0. The fourth-order valence-corrected chi connectivity index (χ4v) is 7.03. The summed E-state index contributed by atoms with van der Waals surface area (Å²) >= 11 is 0. The van der Waals surface area contributed by atoms with Crippen molar-refractivity contribution in [1.29, 1.82) is 0 Å². The van der Waals surface area contributed by atoms with Crippen LogP contribution in [0.1, 0.15) is 238 Å². The Bertz CT molecular complexity index is 677. The molecule has 0 radical (unpaired) electrons. The zero-order chi connectivity index (χ0) is 31.6. The van der Waals surface area contributed by atoms with Crippen molar-refractivity contribution in [2.24, 2.45) is 0 Å². The van der Waals surface area contributed by atoms with Crippen molar-refractivity contribution in [3.8, 4) is 0 Å². The maximum atomic E-state index is 2.64. The Morgan fingerprint density at radius 1 is 0.386 bits per heavy atom. The van der Waals surface area contributed by atoms with Gasteiger partial charge in [-0.2, -0.15) is 0 Å². The van der Waals surface area contributed by atoms with Crippen LogP contribution in [-0.2, 0) is 19.5 Å². The molecule has 1 aromatic rings. The quantitative estimate of drug-likeness (QED) is 0.0524. The highest BCUT2D eigenvalue weighted by Crippen LogP contribution is 2.16. The lowest BCUT2D eigenvalue weighted by molar-refractivity contribution is -0.704. The second-order valence-corrected chi connectivity index (χ2v) is 14.5. The average Bonchev–Trinajstić information content (AvgIpc) is 3.42. The van der Waals surface area contributed by atoms with Gasteiger partial charge in [-0.05, 0) is 32.1 Å². The normalized spacial score (nSPS) is 11.6. The van der Waals surface area contributed by atoms with Crippen LogP contribution in [0.3, 0.4) is 0 Å². The van der Waals surface area contributed by atoms with Crippen molar-refractivity contribution in [2.75, 3.05) is 0 Å². The number of nitrogens with zero attached hydrogens (tertiary/aromatic N) is 2. The summed E-state index contributed by atoms with van der Waals surface area (Å²) in [5.74, 6) is 1.62. The number of aromatic nitrogens is 2. The number of unbranched alkanes of at least 4 members (excludes halogenated alkanes) is 30. The molecular weight excluding hydrogens is 532 g/mol. The third-order valence-corrected chi connectivity index (χ3v) is 10.1. The molecule has 2 heteroatoms. The Morgan fingerprint density at radius 3 is 1.09 bits per heavy atom. The van der Waals surface area contributed by atoms with Gasteiger partial charge in [0.05, 0.1) is 13.1 Å². The smallest absolute Gasteiger partial charge is 0.234 e. The van der Waals surface area contributed by atoms with E-state index in [4.69, 9.17) is 0 Å². The third kappa shape index (κ3) is 25.4. The lowest BCUT2D eigenvalue weighted by Crippen LogP contribution is -2.37. The highest BCUT2D eigenvalue weighted by Gasteiger charge is 2.16. The maximum absolute atomic E-state index is 2.64. The van der Waals surface area contributed by atoms with E-state index in [1.54, 1.807) is 5.82 Å². The van der Waals surface area contributed by atoms with E-state index in [-0.39, 0.29) is 0 Å². The van der Waals surface area contributed by atoms with Gasteiger partial charge in [-0.3, -0.25) is 0 Å². The number of rotatable bonds is 36. The van der Waals surface area contributed by atoms with Crippen LogP contribution in [0.5, 0.6) is 0 Å². The van der Waals surface area contributed by atoms with Crippen molar-refractivity contribution >= 4 is 0 Å². The average molecular weight is 616 g/mol. The van der Waals surface area contributed by atoms with Crippen molar-refractivity contribution in [3.05, 3.63) is 18.2 Å². The Labute approximate surface area is 279 Å². The predicted octanol–water partition coefficient (Wildman–Crippen LogP) is 14.3. The summed E-state index contributed by atoms with van der Waals surface area (Å²) in [5, 5.41) is 0. The van der Waals surface area contributed by atoms with Gasteiger partial charge in [-0.15, -0.1) is 0 Å². The monoisotopic (exact) mass is 616 g/mol. The van der Waals surface area contributed by atoms with E-state index in [0.717, 1.165) is 0 Å². The van der Waals surface area contributed by atoms with Crippen LogP contribution >= 0.6 is 0 Å². The van der Waals surface area contributed by atoms with E-state index in [1.807, 2.05) is 0 Å². The first-order valence-corrected chi connectivity index (χ1v) is 20.9. The standard InChI is InChI=1S/C42H83N2/c1-4-7-10-13-16-19-21-22-23-24-27-30-33-36-39-44-41-40-43(38-35-32-29-26-18-15-12-9-6-3)42(44)37-34-31-28-25-20-17-14-11-8-5-2/h40-41H,4-39H2,1-3H3/q+1. The topological polar surface area (TPSA) is 8.81 Å². The number of aryl methyl sites for hydroxylation is 2. The Morgan fingerprint density at radius 2 is 0.705 bits per heavy atom. The van der Waals surface area contributed by atoms with Gasteiger partial charge in [-0.1, -0.05) is 201 Å². The highest BCUT2D eigenvalue weighted by molar-refractivity contribution is 4.84. The molecular formula is C42H83N2+. The molecule has 0 unspecified atom stereocenters. The van der Waals surface area contributed by atoms with Gasteiger partial charge in [0.1, 0.15) is 12.4 Å². The largest absolute Gasteiger partial charge is 0.256 e. The van der Waals surface area contributed by atoms with E-state index >= 15 is 0 Å². The number of hydrogen-bond donors (Lipinski definition) is 0. The SMILES string of the molecule is CCCCCCCCCCCCCCCCn1cc[n+](CCCCCCCCCCC)c1CCCCCCCCCCCC. The molecule has 0 aromatic carbocycles. The maximum Gasteiger partial charge on any atom is 0.256 e. The Balaban J connectivity index is 2.28. The van der Waals surface area contributed by atoms with Crippen molar-refractivity contribution in [2.45, 2.75) is 252 Å². The molecule has 1 heterocycles. The molecule has 0 spiro atoms. The fourth-order valence-electron chi connectivity index (χ4n) is 7.03. The first kappa shape index (κ1) is 41.2. The van der Waals surface area contributed by atoms with Crippen molar-refractivity contribution in [1.82, 2.24) is 4.57 Å². The van der Waals surface area contributed by atoms with Crippen LogP contribution in [0, 0.1) is 0 Å². The summed E-state index contributed by atoms with van der Waals surface area (Å²) in [6.45, 7) is 9.41. The Hall–Kier alpha value is -0.790. The van der Waals surface area contributed by atoms with Crippen LogP contribution in [-0.4, -0.2) is 4.57 Å². The molecule has 0 saturated heterocycles. The van der Waals surface area contributed by atoms with Gasteiger partial charge in [0.15, 0.2) is 0 Å². The van der Waals surface area contributed by atoms with Gasteiger partial charge in [0, 0.05) is 6.42 Å². The van der Waals surface area contributed by atoms with Gasteiger partial charge in [0.2, 0.25) is 0 Å². The molecule has 0 saturated carbocycles. The van der Waals surface area contributed by atoms with Gasteiger partial charge >= 0.3 is 0 Å². The van der Waals surface area contributed by atoms with Gasteiger partial charge in [0.25, 0.3) is 5.82 Å². The van der Waals surface area contributed by atoms with E-state index in [2.05, 4.69) is 42.3 Å². The molecule has 0 aliphatic rings. The number of hydrogen-bond acceptors (Lipinski definition) is 0. The first-order chi connectivity index (χ1) is 21.8. The molecule has 1 rings (SSSR count). The molecule has 0 amide bonds. The molecule has 0 atom stereocenters. The molecule has 0 aliphatic carbocycles. The second kappa shape index (κ2) is 33.6. The zero-order valence-electron chi connectivity index (χ0n) is 31.0.